The number of ether oxygens (including phenoxy) is 1. The van der Waals surface area contributed by atoms with Gasteiger partial charge in [-0.2, -0.15) is 0 Å². The van der Waals surface area contributed by atoms with Gasteiger partial charge in [-0.1, -0.05) is 54.2 Å². The summed E-state index contributed by atoms with van der Waals surface area (Å²) in [6.45, 7) is 0.245. The summed E-state index contributed by atoms with van der Waals surface area (Å²) in [5.74, 6) is -0.421. The largest absolute Gasteiger partial charge is 0.486 e. The second-order valence-electron chi connectivity index (χ2n) is 3.90. The van der Waals surface area contributed by atoms with Crippen molar-refractivity contribution in [2.75, 3.05) is 0 Å². The predicted molar refractivity (Wildman–Crippen MR) is 78.1 cm³/mol. The van der Waals surface area contributed by atoms with Gasteiger partial charge in [0.2, 0.25) is 0 Å². The fourth-order valence-electron chi connectivity index (χ4n) is 1.52. The molecular formula is C14H11ClFNOS. The van der Waals surface area contributed by atoms with Crippen LogP contribution < -0.4 is 10.5 Å². The van der Waals surface area contributed by atoms with Crippen LogP contribution in [-0.2, 0) is 6.61 Å². The van der Waals surface area contributed by atoms with E-state index in [-0.39, 0.29) is 17.4 Å². The van der Waals surface area contributed by atoms with E-state index in [1.165, 1.54) is 12.1 Å². The molecule has 5 heteroatoms. The van der Waals surface area contributed by atoms with Crippen molar-refractivity contribution >= 4 is 28.8 Å². The van der Waals surface area contributed by atoms with E-state index in [2.05, 4.69) is 0 Å². The molecular weight excluding hydrogens is 285 g/mol. The van der Waals surface area contributed by atoms with E-state index in [9.17, 15) is 4.39 Å². The van der Waals surface area contributed by atoms with E-state index in [0.29, 0.717) is 4.99 Å². The first-order valence-corrected chi connectivity index (χ1v) is 6.32. The summed E-state index contributed by atoms with van der Waals surface area (Å²) >= 11 is 10.5. The number of nitrogens with two attached hydrogens (primary N) is 1. The highest BCUT2D eigenvalue weighted by Gasteiger charge is 2.07. The molecule has 0 radical (unpaired) electrons. The van der Waals surface area contributed by atoms with Gasteiger partial charge in [0.15, 0.2) is 11.6 Å². The molecule has 0 aromatic heterocycles. The lowest BCUT2D eigenvalue weighted by molar-refractivity contribution is 0.290. The quantitative estimate of drug-likeness (QED) is 0.874. The Balaban J connectivity index is 2.06. The lowest BCUT2D eigenvalue weighted by Gasteiger charge is -2.08. The van der Waals surface area contributed by atoms with Crippen LogP contribution in [0.15, 0.2) is 42.5 Å². The molecule has 0 fully saturated rings. The van der Waals surface area contributed by atoms with E-state index in [0.717, 1.165) is 11.1 Å². The summed E-state index contributed by atoms with van der Waals surface area (Å²) < 4.78 is 19.0. The zero-order valence-corrected chi connectivity index (χ0v) is 11.5. The van der Waals surface area contributed by atoms with Crippen molar-refractivity contribution in [1.82, 2.24) is 0 Å². The molecule has 0 aliphatic rings. The minimum Gasteiger partial charge on any atom is -0.486 e. The van der Waals surface area contributed by atoms with Crippen molar-refractivity contribution in [2.45, 2.75) is 6.61 Å². The van der Waals surface area contributed by atoms with E-state index < -0.39 is 5.82 Å². The Morgan fingerprint density at radius 1 is 1.21 bits per heavy atom. The van der Waals surface area contributed by atoms with Gasteiger partial charge in [0.1, 0.15) is 11.6 Å². The average Bonchev–Trinajstić information content (AvgIpc) is 2.41. The molecule has 98 valence electrons. The maximum absolute atomic E-state index is 13.6. The van der Waals surface area contributed by atoms with Gasteiger partial charge in [-0.3, -0.25) is 0 Å². The molecule has 0 amide bonds. The molecule has 2 aromatic carbocycles. The van der Waals surface area contributed by atoms with Crippen LogP contribution in [0.5, 0.6) is 5.75 Å². The van der Waals surface area contributed by atoms with Crippen LogP contribution in [0.25, 0.3) is 0 Å². The maximum Gasteiger partial charge on any atom is 0.183 e. The Morgan fingerprint density at radius 3 is 2.53 bits per heavy atom. The molecule has 19 heavy (non-hydrogen) atoms. The lowest BCUT2D eigenvalue weighted by atomic mass is 10.1. The van der Waals surface area contributed by atoms with E-state index in [4.69, 9.17) is 34.3 Å². The third kappa shape index (κ3) is 3.43. The normalized spacial score (nSPS) is 10.2. The molecule has 2 nitrogen and oxygen atoms in total. The first-order chi connectivity index (χ1) is 9.08. The Hall–Kier alpha value is -1.65. The van der Waals surface area contributed by atoms with Gasteiger partial charge < -0.3 is 10.5 Å². The van der Waals surface area contributed by atoms with Gasteiger partial charge in [-0.05, 0) is 17.7 Å². The molecule has 2 N–H and O–H groups in total. The molecule has 2 rings (SSSR count). The molecule has 0 unspecified atom stereocenters. The molecule has 2 aromatic rings. The topological polar surface area (TPSA) is 35.2 Å². The number of benzene rings is 2. The fourth-order valence-corrected chi connectivity index (χ4v) is 1.82. The summed E-state index contributed by atoms with van der Waals surface area (Å²) in [5.41, 5.74) is 7.17. The van der Waals surface area contributed by atoms with Crippen LogP contribution in [-0.4, -0.2) is 4.99 Å². The van der Waals surface area contributed by atoms with E-state index in [1.807, 2.05) is 12.1 Å². The molecule has 0 heterocycles. The van der Waals surface area contributed by atoms with Crippen LogP contribution in [0.3, 0.4) is 0 Å². The second kappa shape index (κ2) is 5.99. The predicted octanol–water partition coefficient (Wildman–Crippen LogP) is 3.69. The fraction of sp³-hybridized carbons (Fsp3) is 0.0714. The van der Waals surface area contributed by atoms with E-state index >= 15 is 0 Å². The average molecular weight is 296 g/mol. The van der Waals surface area contributed by atoms with Gasteiger partial charge in [0, 0.05) is 5.56 Å². The molecule has 0 saturated heterocycles. The van der Waals surface area contributed by atoms with E-state index in [1.54, 1.807) is 18.2 Å². The Morgan fingerprint density at radius 2 is 1.89 bits per heavy atom. The number of halogens is 2. The van der Waals surface area contributed by atoms with Gasteiger partial charge in [-0.25, -0.2) is 4.39 Å². The van der Waals surface area contributed by atoms with Crippen molar-refractivity contribution < 1.29 is 9.13 Å². The van der Waals surface area contributed by atoms with Gasteiger partial charge in [0.25, 0.3) is 0 Å². The minimum absolute atomic E-state index is 0.0429. The summed E-state index contributed by atoms with van der Waals surface area (Å²) in [6, 6.07) is 11.9. The van der Waals surface area contributed by atoms with Gasteiger partial charge >= 0.3 is 0 Å². The minimum atomic E-state index is -0.552. The maximum atomic E-state index is 13.6. The standard InChI is InChI=1S/C14H11ClFNOS/c15-11-2-1-3-12(13(11)16)18-8-9-4-6-10(7-5-9)14(17)19/h1-7H,8H2,(H2,17,19). The molecule has 0 atom stereocenters. The second-order valence-corrected chi connectivity index (χ2v) is 4.75. The summed E-state index contributed by atoms with van der Waals surface area (Å²) in [5, 5.41) is 0.0429. The summed E-state index contributed by atoms with van der Waals surface area (Å²) in [4.78, 5) is 0.341. The zero-order chi connectivity index (χ0) is 13.8. The summed E-state index contributed by atoms with van der Waals surface area (Å²) in [6.07, 6.45) is 0. The molecule has 0 spiro atoms. The third-order valence-electron chi connectivity index (χ3n) is 2.55. The first-order valence-electron chi connectivity index (χ1n) is 5.53. The van der Waals surface area contributed by atoms with Crippen molar-refractivity contribution in [3.8, 4) is 5.75 Å². The lowest BCUT2D eigenvalue weighted by Crippen LogP contribution is -2.09. The monoisotopic (exact) mass is 295 g/mol. The molecule has 0 bridgehead atoms. The molecule has 0 saturated carbocycles. The van der Waals surface area contributed by atoms with Crippen LogP contribution in [0.1, 0.15) is 11.1 Å². The van der Waals surface area contributed by atoms with Crippen molar-refractivity contribution in [3.05, 3.63) is 64.4 Å². The van der Waals surface area contributed by atoms with Crippen molar-refractivity contribution in [3.63, 3.8) is 0 Å². The Labute approximate surface area is 120 Å². The van der Waals surface area contributed by atoms with Crippen LogP contribution in [0, 0.1) is 5.82 Å². The number of thiocarbonyl (C=S) groups is 1. The number of hydrogen-bond donors (Lipinski definition) is 1. The highest BCUT2D eigenvalue weighted by atomic mass is 35.5. The highest BCUT2D eigenvalue weighted by molar-refractivity contribution is 7.80. The summed E-state index contributed by atoms with van der Waals surface area (Å²) in [7, 11) is 0. The van der Waals surface area contributed by atoms with Gasteiger partial charge in [-0.15, -0.1) is 0 Å². The Kier molecular flexibility index (Phi) is 4.35. The third-order valence-corrected chi connectivity index (χ3v) is 3.08. The van der Waals surface area contributed by atoms with Crippen LogP contribution >= 0.6 is 23.8 Å². The first kappa shape index (κ1) is 13.8. The number of rotatable bonds is 4. The number of hydrogen-bond acceptors (Lipinski definition) is 2. The van der Waals surface area contributed by atoms with Crippen molar-refractivity contribution in [2.24, 2.45) is 5.73 Å². The molecule has 0 aliphatic heterocycles. The van der Waals surface area contributed by atoms with Crippen LogP contribution in [0.2, 0.25) is 5.02 Å². The van der Waals surface area contributed by atoms with Crippen LogP contribution in [0.4, 0.5) is 4.39 Å². The highest BCUT2D eigenvalue weighted by Crippen LogP contribution is 2.24. The van der Waals surface area contributed by atoms with Gasteiger partial charge in [0.05, 0.1) is 5.02 Å². The molecule has 0 aliphatic carbocycles. The van der Waals surface area contributed by atoms with Crippen molar-refractivity contribution in [1.29, 1.82) is 0 Å². The zero-order valence-electron chi connectivity index (χ0n) is 9.90. The SMILES string of the molecule is NC(=S)c1ccc(COc2cccc(Cl)c2F)cc1. The smallest absolute Gasteiger partial charge is 0.183 e. The Bertz CT molecular complexity index is 601.